The van der Waals surface area contributed by atoms with E-state index in [0.29, 0.717) is 5.95 Å². The van der Waals surface area contributed by atoms with Gasteiger partial charge in [0.1, 0.15) is 5.82 Å². The monoisotopic (exact) mass is 339 g/mol. The van der Waals surface area contributed by atoms with Crippen LogP contribution in [-0.2, 0) is 0 Å². The van der Waals surface area contributed by atoms with Crippen LogP contribution in [0.3, 0.4) is 0 Å². The average Bonchev–Trinajstić information content (AvgIpc) is 3.06. The number of fused-ring (bicyclic) bond motifs is 2. The Morgan fingerprint density at radius 1 is 0.692 bits per heavy atom. The molecule has 0 radical (unpaired) electrons. The van der Waals surface area contributed by atoms with Gasteiger partial charge in [-0.05, 0) is 52.7 Å². The van der Waals surface area contributed by atoms with Crippen LogP contribution in [0.15, 0.2) is 85.2 Å². The topological polar surface area (TPSA) is 30.7 Å². The minimum atomic E-state index is -0.256. The molecule has 0 aliphatic heterocycles. The van der Waals surface area contributed by atoms with Gasteiger partial charge in [0.05, 0.1) is 11.2 Å². The number of rotatable bonds is 2. The molecule has 26 heavy (non-hydrogen) atoms. The maximum atomic E-state index is 13.8. The van der Waals surface area contributed by atoms with Crippen molar-refractivity contribution in [3.8, 4) is 17.2 Å². The second-order valence-corrected chi connectivity index (χ2v) is 6.18. The van der Waals surface area contributed by atoms with Crippen LogP contribution in [0.5, 0.6) is 0 Å². The fourth-order valence-corrected chi connectivity index (χ4v) is 3.37. The lowest BCUT2D eigenvalue weighted by Gasteiger charge is -2.10. The molecule has 0 spiro atoms. The smallest absolute Gasteiger partial charge is 0.234 e. The molecular formula is C22H14FN3. The Bertz CT molecular complexity index is 1240. The molecule has 5 rings (SSSR count). The van der Waals surface area contributed by atoms with Crippen LogP contribution in [0, 0.1) is 5.82 Å². The van der Waals surface area contributed by atoms with Crippen molar-refractivity contribution >= 4 is 21.7 Å². The number of halogens is 1. The summed E-state index contributed by atoms with van der Waals surface area (Å²) in [6.07, 6.45) is 3.42. The predicted molar refractivity (Wildman–Crippen MR) is 102 cm³/mol. The molecular weight excluding hydrogens is 325 g/mol. The lowest BCUT2D eigenvalue weighted by atomic mass is 10.0. The summed E-state index contributed by atoms with van der Waals surface area (Å²) in [7, 11) is 0. The van der Waals surface area contributed by atoms with Crippen LogP contribution in [-0.4, -0.2) is 14.5 Å². The summed E-state index contributed by atoms with van der Waals surface area (Å²) in [5, 5.41) is 3.16. The summed E-state index contributed by atoms with van der Waals surface area (Å²) in [5.41, 5.74) is 2.84. The van der Waals surface area contributed by atoms with E-state index < -0.39 is 0 Å². The Kier molecular flexibility index (Phi) is 3.28. The van der Waals surface area contributed by atoms with Gasteiger partial charge < -0.3 is 0 Å². The van der Waals surface area contributed by atoms with Crippen molar-refractivity contribution in [1.82, 2.24) is 14.5 Å². The second kappa shape index (κ2) is 5.77. The summed E-state index contributed by atoms with van der Waals surface area (Å²) in [5.74, 6) is 0.311. The van der Waals surface area contributed by atoms with Gasteiger partial charge in [-0.3, -0.25) is 4.57 Å². The Labute approximate surface area is 149 Å². The lowest BCUT2D eigenvalue weighted by Crippen LogP contribution is -2.01. The average molecular weight is 339 g/mol. The number of hydrogen-bond acceptors (Lipinski definition) is 2. The summed E-state index contributed by atoms with van der Waals surface area (Å²) in [6, 6.07) is 23.1. The second-order valence-electron chi connectivity index (χ2n) is 6.18. The molecule has 0 aliphatic rings. The van der Waals surface area contributed by atoms with E-state index in [9.17, 15) is 4.39 Å². The van der Waals surface area contributed by atoms with Crippen LogP contribution in [0.1, 0.15) is 0 Å². The Morgan fingerprint density at radius 2 is 1.50 bits per heavy atom. The zero-order valence-electron chi connectivity index (χ0n) is 13.8. The zero-order chi connectivity index (χ0) is 17.5. The highest BCUT2D eigenvalue weighted by atomic mass is 19.1. The van der Waals surface area contributed by atoms with E-state index in [-0.39, 0.29) is 5.82 Å². The van der Waals surface area contributed by atoms with Gasteiger partial charge in [-0.2, -0.15) is 0 Å². The molecule has 0 bridgehead atoms. The number of hydrogen-bond donors (Lipinski definition) is 0. The van der Waals surface area contributed by atoms with Crippen molar-refractivity contribution in [2.24, 2.45) is 0 Å². The van der Waals surface area contributed by atoms with E-state index in [1.807, 2.05) is 22.8 Å². The van der Waals surface area contributed by atoms with Gasteiger partial charge in [-0.1, -0.05) is 36.4 Å². The fraction of sp³-hybridized carbons (Fsp3) is 0. The maximum absolute atomic E-state index is 13.8. The molecule has 0 atom stereocenters. The van der Waals surface area contributed by atoms with Gasteiger partial charge in [0, 0.05) is 17.8 Å². The predicted octanol–water partition coefficient (Wildman–Crippen LogP) is 5.38. The highest BCUT2D eigenvalue weighted by Crippen LogP contribution is 2.32. The van der Waals surface area contributed by atoms with Crippen molar-refractivity contribution < 1.29 is 4.39 Å². The molecule has 0 amide bonds. The molecule has 0 saturated heterocycles. The van der Waals surface area contributed by atoms with Crippen molar-refractivity contribution in [3.05, 3.63) is 91.0 Å². The minimum absolute atomic E-state index is 0.256. The quantitative estimate of drug-likeness (QED) is 0.432. The normalized spacial score (nSPS) is 11.3. The van der Waals surface area contributed by atoms with Gasteiger partial charge in [-0.25, -0.2) is 14.4 Å². The Morgan fingerprint density at radius 3 is 2.35 bits per heavy atom. The van der Waals surface area contributed by atoms with Crippen LogP contribution in [0.25, 0.3) is 38.9 Å². The molecule has 4 heteroatoms. The fourth-order valence-electron chi connectivity index (χ4n) is 3.37. The molecule has 0 unspecified atom stereocenters. The SMILES string of the molecule is Fc1ccc2c(c1)cc(-c1ccc3ccccc3c1)n2-c1ncccn1. The summed E-state index contributed by atoms with van der Waals surface area (Å²) in [4.78, 5) is 8.80. The van der Waals surface area contributed by atoms with Crippen LogP contribution in [0.2, 0.25) is 0 Å². The molecule has 5 aromatic rings. The van der Waals surface area contributed by atoms with Gasteiger partial charge in [0.2, 0.25) is 5.95 Å². The highest BCUT2D eigenvalue weighted by molar-refractivity contribution is 5.92. The lowest BCUT2D eigenvalue weighted by molar-refractivity contribution is 0.629. The third-order valence-corrected chi connectivity index (χ3v) is 4.56. The first kappa shape index (κ1) is 14.8. The van der Waals surface area contributed by atoms with E-state index in [1.165, 1.54) is 11.5 Å². The minimum Gasteiger partial charge on any atom is -0.278 e. The summed E-state index contributed by atoms with van der Waals surface area (Å²) < 4.78 is 15.7. The maximum Gasteiger partial charge on any atom is 0.234 e. The van der Waals surface area contributed by atoms with Crippen LogP contribution < -0.4 is 0 Å². The standard InChI is InChI=1S/C22H14FN3/c23-19-8-9-20-18(13-19)14-21(26(20)22-24-10-3-11-25-22)17-7-6-15-4-1-2-5-16(15)12-17/h1-14H. The third-order valence-electron chi connectivity index (χ3n) is 4.56. The van der Waals surface area contributed by atoms with Gasteiger partial charge in [-0.15, -0.1) is 0 Å². The molecule has 0 N–H and O–H groups in total. The molecule has 0 aliphatic carbocycles. The Hall–Kier alpha value is -3.53. The first-order valence-electron chi connectivity index (χ1n) is 8.37. The molecule has 2 heterocycles. The van der Waals surface area contributed by atoms with Crippen LogP contribution in [0.4, 0.5) is 4.39 Å². The van der Waals surface area contributed by atoms with Crippen LogP contribution >= 0.6 is 0 Å². The summed E-state index contributed by atoms with van der Waals surface area (Å²) >= 11 is 0. The molecule has 3 aromatic carbocycles. The van der Waals surface area contributed by atoms with Crippen molar-refractivity contribution in [2.75, 3.05) is 0 Å². The number of aromatic nitrogens is 3. The molecule has 0 fully saturated rings. The first-order chi connectivity index (χ1) is 12.8. The van der Waals surface area contributed by atoms with Crippen molar-refractivity contribution in [1.29, 1.82) is 0 Å². The van der Waals surface area contributed by atoms with Gasteiger partial charge >= 0.3 is 0 Å². The molecule has 2 aromatic heterocycles. The number of benzene rings is 3. The van der Waals surface area contributed by atoms with E-state index in [4.69, 9.17) is 0 Å². The van der Waals surface area contributed by atoms with Gasteiger partial charge in [0.25, 0.3) is 0 Å². The largest absolute Gasteiger partial charge is 0.278 e. The Balaban J connectivity index is 1.83. The highest BCUT2D eigenvalue weighted by Gasteiger charge is 2.15. The van der Waals surface area contributed by atoms with E-state index in [2.05, 4.69) is 40.3 Å². The molecule has 0 saturated carbocycles. The zero-order valence-corrected chi connectivity index (χ0v) is 13.8. The van der Waals surface area contributed by atoms with Gasteiger partial charge in [0.15, 0.2) is 0 Å². The van der Waals surface area contributed by atoms with E-state index in [0.717, 1.165) is 27.5 Å². The number of nitrogens with zero attached hydrogens (tertiary/aromatic N) is 3. The molecule has 3 nitrogen and oxygen atoms in total. The van der Waals surface area contributed by atoms with Crippen molar-refractivity contribution in [3.63, 3.8) is 0 Å². The summed E-state index contributed by atoms with van der Waals surface area (Å²) in [6.45, 7) is 0. The third kappa shape index (κ3) is 2.35. The first-order valence-corrected chi connectivity index (χ1v) is 8.37. The van der Waals surface area contributed by atoms with E-state index in [1.54, 1.807) is 30.6 Å². The molecule has 124 valence electrons. The van der Waals surface area contributed by atoms with E-state index >= 15 is 0 Å². The van der Waals surface area contributed by atoms with Crippen molar-refractivity contribution in [2.45, 2.75) is 0 Å².